The van der Waals surface area contributed by atoms with Crippen molar-refractivity contribution in [2.45, 2.75) is 77.1 Å². The Bertz CT molecular complexity index is 1050. The van der Waals surface area contributed by atoms with Crippen LogP contribution < -0.4 is 9.47 Å². The zero-order valence-corrected chi connectivity index (χ0v) is 19.5. The second-order valence-electron chi connectivity index (χ2n) is 9.57. The lowest BCUT2D eigenvalue weighted by molar-refractivity contribution is 0.151. The van der Waals surface area contributed by atoms with Gasteiger partial charge in [0.15, 0.2) is 35.5 Å². The van der Waals surface area contributed by atoms with E-state index in [1.54, 1.807) is 6.92 Å². The van der Waals surface area contributed by atoms with E-state index in [0.29, 0.717) is 5.92 Å². The minimum Gasteiger partial charge on any atom is -0.491 e. The van der Waals surface area contributed by atoms with Crippen LogP contribution in [0, 0.1) is 23.5 Å². The van der Waals surface area contributed by atoms with E-state index >= 15 is 13.2 Å². The Kier molecular flexibility index (Phi) is 6.49. The van der Waals surface area contributed by atoms with Crippen LogP contribution in [0.1, 0.15) is 75.8 Å². The van der Waals surface area contributed by atoms with Gasteiger partial charge < -0.3 is 14.2 Å². The molecule has 0 aromatic heterocycles. The van der Waals surface area contributed by atoms with E-state index in [1.807, 2.05) is 0 Å². The number of rotatable bonds is 7. The first-order chi connectivity index (χ1) is 16.4. The average molecular weight is 479 g/mol. The molecule has 0 bridgehead atoms. The molecule has 34 heavy (non-hydrogen) atoms. The maximum atomic E-state index is 15.4. The first-order valence-corrected chi connectivity index (χ1v) is 12.3. The van der Waals surface area contributed by atoms with Gasteiger partial charge in [-0.05, 0) is 54.9 Å². The summed E-state index contributed by atoms with van der Waals surface area (Å²) in [5.74, 6) is -1.10. The molecular weight excluding hydrogens is 448 g/mol. The molecule has 0 amide bonds. The lowest BCUT2D eigenvalue weighted by Gasteiger charge is -2.28. The molecule has 1 saturated carbocycles. The van der Waals surface area contributed by atoms with Crippen molar-refractivity contribution in [1.82, 2.24) is 0 Å². The molecule has 4 atom stereocenters. The van der Waals surface area contributed by atoms with E-state index in [-0.39, 0.29) is 35.3 Å². The summed E-state index contributed by atoms with van der Waals surface area (Å²) < 4.78 is 76.9. The summed E-state index contributed by atoms with van der Waals surface area (Å²) in [6, 6.07) is 5.63. The molecule has 184 valence electrons. The molecule has 3 nitrogen and oxygen atoms in total. The van der Waals surface area contributed by atoms with Crippen LogP contribution in [0.15, 0.2) is 24.3 Å². The van der Waals surface area contributed by atoms with Crippen molar-refractivity contribution in [3.8, 4) is 22.6 Å². The SMILES string of the molecule is CCCC1CCC(C2OC2Oc2ccc3c(c2F)C(F)C(F)c2c-3ccc(OCC)c2F)CC1. The summed E-state index contributed by atoms with van der Waals surface area (Å²) in [5, 5.41) is 0. The fraction of sp³-hybridized carbons (Fsp3) is 0.556. The first-order valence-electron chi connectivity index (χ1n) is 12.3. The van der Waals surface area contributed by atoms with Crippen LogP contribution in [0.25, 0.3) is 11.1 Å². The van der Waals surface area contributed by atoms with Gasteiger partial charge in [-0.15, -0.1) is 0 Å². The third-order valence-electron chi connectivity index (χ3n) is 7.47. The summed E-state index contributed by atoms with van der Waals surface area (Å²) in [5.41, 5.74) is -0.653. The number of ether oxygens (including phenoxy) is 3. The van der Waals surface area contributed by atoms with Crippen molar-refractivity contribution < 1.29 is 31.8 Å². The van der Waals surface area contributed by atoms with Crippen molar-refractivity contribution in [3.05, 3.63) is 47.0 Å². The fourth-order valence-electron chi connectivity index (χ4n) is 5.68. The lowest BCUT2D eigenvalue weighted by Crippen LogP contribution is -2.21. The summed E-state index contributed by atoms with van der Waals surface area (Å²) in [6.07, 6.45) is 1.51. The molecule has 5 rings (SSSR count). The molecule has 2 fully saturated rings. The number of hydrogen-bond acceptors (Lipinski definition) is 3. The van der Waals surface area contributed by atoms with Crippen LogP contribution in [0.3, 0.4) is 0 Å². The predicted molar refractivity (Wildman–Crippen MR) is 120 cm³/mol. The molecule has 4 unspecified atom stereocenters. The van der Waals surface area contributed by atoms with Gasteiger partial charge in [-0.25, -0.2) is 17.6 Å². The predicted octanol–water partition coefficient (Wildman–Crippen LogP) is 7.78. The van der Waals surface area contributed by atoms with Crippen molar-refractivity contribution in [1.29, 1.82) is 0 Å². The van der Waals surface area contributed by atoms with Crippen molar-refractivity contribution in [3.63, 3.8) is 0 Å². The number of epoxide rings is 1. The van der Waals surface area contributed by atoms with Crippen LogP contribution in [0.5, 0.6) is 11.5 Å². The molecule has 1 saturated heterocycles. The standard InChI is InChI=1S/C27H30F4O3/c1-3-5-14-6-8-15(9-7-14)26-27(34-26)33-19-13-11-17-16-10-12-18(32-4-2)22(28)20(16)24(30)25(31)21(17)23(19)29/h10-15,24-27H,3-9H2,1-2H3. The van der Waals surface area contributed by atoms with Crippen LogP contribution in [0.2, 0.25) is 0 Å². The maximum Gasteiger partial charge on any atom is 0.227 e. The number of alkyl halides is 2. The Balaban J connectivity index is 1.35. The van der Waals surface area contributed by atoms with Gasteiger partial charge in [-0.1, -0.05) is 44.7 Å². The van der Waals surface area contributed by atoms with Crippen LogP contribution in [0.4, 0.5) is 17.6 Å². The number of halogens is 4. The molecule has 2 aromatic rings. The number of fused-ring (bicyclic) bond motifs is 3. The van der Waals surface area contributed by atoms with Gasteiger partial charge in [-0.2, -0.15) is 0 Å². The van der Waals surface area contributed by atoms with Crippen LogP contribution in [-0.2, 0) is 4.74 Å². The highest BCUT2D eigenvalue weighted by atomic mass is 19.2. The summed E-state index contributed by atoms with van der Waals surface area (Å²) >= 11 is 0. The van der Waals surface area contributed by atoms with Crippen LogP contribution >= 0.6 is 0 Å². The van der Waals surface area contributed by atoms with Gasteiger partial charge in [-0.3, -0.25) is 0 Å². The Labute approximate surface area is 197 Å². The first kappa shape index (κ1) is 23.5. The quantitative estimate of drug-likeness (QED) is 0.301. The zero-order chi connectivity index (χ0) is 24.0. The van der Waals surface area contributed by atoms with Crippen molar-refractivity contribution in [2.24, 2.45) is 11.8 Å². The normalized spacial score (nSPS) is 29.8. The van der Waals surface area contributed by atoms with Crippen LogP contribution in [-0.4, -0.2) is 19.0 Å². The average Bonchev–Trinajstić information content (AvgIpc) is 3.60. The number of hydrogen-bond donors (Lipinski definition) is 0. The molecule has 1 aliphatic heterocycles. The molecule has 1 heterocycles. The van der Waals surface area contributed by atoms with Gasteiger partial charge in [0.25, 0.3) is 0 Å². The zero-order valence-electron chi connectivity index (χ0n) is 19.5. The summed E-state index contributed by atoms with van der Waals surface area (Å²) in [6.45, 7) is 4.05. The molecule has 3 aliphatic rings. The van der Waals surface area contributed by atoms with E-state index in [1.165, 1.54) is 49.9 Å². The highest BCUT2D eigenvalue weighted by molar-refractivity contribution is 5.76. The third-order valence-corrected chi connectivity index (χ3v) is 7.47. The highest BCUT2D eigenvalue weighted by Crippen LogP contribution is 2.53. The van der Waals surface area contributed by atoms with E-state index in [4.69, 9.17) is 14.2 Å². The molecule has 0 N–H and O–H groups in total. The van der Waals surface area contributed by atoms with Gasteiger partial charge in [0.05, 0.1) is 6.61 Å². The van der Waals surface area contributed by atoms with Gasteiger partial charge in [0.2, 0.25) is 6.29 Å². The van der Waals surface area contributed by atoms with Crippen molar-refractivity contribution in [2.75, 3.05) is 6.61 Å². The second kappa shape index (κ2) is 9.40. The molecule has 2 aliphatic carbocycles. The fourth-order valence-corrected chi connectivity index (χ4v) is 5.68. The number of benzene rings is 2. The molecule has 0 spiro atoms. The largest absolute Gasteiger partial charge is 0.491 e. The Morgan fingerprint density at radius 1 is 0.853 bits per heavy atom. The Hall–Kier alpha value is -2.28. The summed E-state index contributed by atoms with van der Waals surface area (Å²) in [4.78, 5) is 0. The lowest BCUT2D eigenvalue weighted by atomic mass is 9.79. The Morgan fingerprint density at radius 2 is 1.44 bits per heavy atom. The van der Waals surface area contributed by atoms with Crippen molar-refractivity contribution >= 4 is 0 Å². The van der Waals surface area contributed by atoms with E-state index in [9.17, 15) is 4.39 Å². The second-order valence-corrected chi connectivity index (χ2v) is 9.57. The molecular formula is C27H30F4O3. The van der Waals surface area contributed by atoms with E-state index in [2.05, 4.69) is 6.92 Å². The van der Waals surface area contributed by atoms with Gasteiger partial charge in [0, 0.05) is 11.1 Å². The monoisotopic (exact) mass is 478 g/mol. The molecule has 2 aromatic carbocycles. The highest BCUT2D eigenvalue weighted by Gasteiger charge is 2.48. The van der Waals surface area contributed by atoms with E-state index in [0.717, 1.165) is 18.8 Å². The summed E-state index contributed by atoms with van der Waals surface area (Å²) in [7, 11) is 0. The topological polar surface area (TPSA) is 31.0 Å². The van der Waals surface area contributed by atoms with E-state index < -0.39 is 41.4 Å². The Morgan fingerprint density at radius 3 is 2.03 bits per heavy atom. The minimum atomic E-state index is -2.36. The molecule has 0 radical (unpaired) electrons. The van der Waals surface area contributed by atoms with Gasteiger partial charge >= 0.3 is 0 Å². The van der Waals surface area contributed by atoms with Gasteiger partial charge in [0.1, 0.15) is 6.10 Å². The smallest absolute Gasteiger partial charge is 0.227 e. The third kappa shape index (κ3) is 4.06. The molecule has 7 heteroatoms. The maximum absolute atomic E-state index is 15.4. The minimum absolute atomic E-state index is 0.0973.